The first-order valence-corrected chi connectivity index (χ1v) is 10.8. The number of aliphatic imine (C=N–C) groups is 1. The molecular formula is C17H25BrN4O3S. The van der Waals surface area contributed by atoms with Gasteiger partial charge in [0, 0.05) is 43.3 Å². The molecule has 1 aromatic carbocycles. The van der Waals surface area contributed by atoms with Crippen molar-refractivity contribution in [1.29, 1.82) is 0 Å². The van der Waals surface area contributed by atoms with Crippen molar-refractivity contribution in [3.63, 3.8) is 0 Å². The summed E-state index contributed by atoms with van der Waals surface area (Å²) in [7, 11) is -1.45. The number of nitrogens with zero attached hydrogens (tertiary/aromatic N) is 2. The molecule has 2 rings (SSSR count). The predicted molar refractivity (Wildman–Crippen MR) is 108 cm³/mol. The van der Waals surface area contributed by atoms with Crippen LogP contribution in [0, 0.1) is 0 Å². The Bertz CT molecular complexity index is 776. The number of carbonyl (C=O) groups is 1. The third-order valence-corrected chi connectivity index (χ3v) is 7.38. The average Bonchev–Trinajstić information content (AvgIpc) is 2.56. The highest BCUT2D eigenvalue weighted by atomic mass is 79.9. The molecule has 1 aromatic rings. The first-order valence-electron chi connectivity index (χ1n) is 8.38. The second kappa shape index (κ2) is 8.39. The fourth-order valence-electron chi connectivity index (χ4n) is 2.70. The fourth-order valence-corrected chi connectivity index (χ4v) is 4.33. The summed E-state index contributed by atoms with van der Waals surface area (Å²) in [6.07, 6.45) is 0.282. The zero-order valence-corrected chi connectivity index (χ0v) is 17.7. The molecule has 1 saturated heterocycles. The number of nitrogens with one attached hydrogen (secondary N) is 2. The van der Waals surface area contributed by atoms with Crippen LogP contribution in [-0.2, 0) is 14.6 Å². The topological polar surface area (TPSA) is 90.9 Å². The Kier molecular flexibility index (Phi) is 6.68. The van der Waals surface area contributed by atoms with E-state index in [4.69, 9.17) is 0 Å². The van der Waals surface area contributed by atoms with Gasteiger partial charge in [-0.1, -0.05) is 15.9 Å². The molecule has 1 aliphatic rings. The summed E-state index contributed by atoms with van der Waals surface area (Å²) < 4.78 is 24.4. The monoisotopic (exact) mass is 444 g/mol. The lowest BCUT2D eigenvalue weighted by Crippen LogP contribution is -2.57. The maximum Gasteiger partial charge on any atom is 0.226 e. The largest absolute Gasteiger partial charge is 0.356 e. The van der Waals surface area contributed by atoms with Crippen molar-refractivity contribution < 1.29 is 13.2 Å². The molecule has 0 saturated carbocycles. The molecule has 1 amide bonds. The number of halogens is 1. The summed E-state index contributed by atoms with van der Waals surface area (Å²) in [5.41, 5.74) is 0.741. The van der Waals surface area contributed by atoms with Gasteiger partial charge in [-0.3, -0.25) is 9.79 Å². The molecule has 0 aliphatic carbocycles. The van der Waals surface area contributed by atoms with E-state index in [1.54, 1.807) is 20.9 Å². The maximum absolute atomic E-state index is 12.1. The van der Waals surface area contributed by atoms with Crippen molar-refractivity contribution in [3.8, 4) is 0 Å². The minimum Gasteiger partial charge on any atom is -0.356 e. The quantitative estimate of drug-likeness (QED) is 0.546. The van der Waals surface area contributed by atoms with Crippen molar-refractivity contribution in [2.45, 2.75) is 25.0 Å². The minimum atomic E-state index is -3.10. The van der Waals surface area contributed by atoms with E-state index in [1.165, 1.54) is 0 Å². The number of rotatable bonds is 4. The number of anilines is 1. The second-order valence-electron chi connectivity index (χ2n) is 6.78. The van der Waals surface area contributed by atoms with Crippen LogP contribution in [0.15, 0.2) is 33.7 Å². The summed E-state index contributed by atoms with van der Waals surface area (Å²) in [4.78, 5) is 18.2. The van der Waals surface area contributed by atoms with Crippen LogP contribution in [0.25, 0.3) is 0 Å². The molecular weight excluding hydrogens is 420 g/mol. The Morgan fingerprint density at radius 3 is 2.54 bits per heavy atom. The van der Waals surface area contributed by atoms with Crippen LogP contribution in [0.5, 0.6) is 0 Å². The van der Waals surface area contributed by atoms with Crippen LogP contribution >= 0.6 is 15.9 Å². The molecule has 26 heavy (non-hydrogen) atoms. The number of amides is 1. The number of hydrogen-bond acceptors (Lipinski definition) is 4. The van der Waals surface area contributed by atoms with Crippen LogP contribution in [0.3, 0.4) is 0 Å². The number of guanidine groups is 1. The molecule has 0 aromatic heterocycles. The number of sulfone groups is 1. The molecule has 0 radical (unpaired) electrons. The number of benzene rings is 1. The van der Waals surface area contributed by atoms with Gasteiger partial charge in [0.2, 0.25) is 5.91 Å². The Morgan fingerprint density at radius 1 is 1.31 bits per heavy atom. The first kappa shape index (κ1) is 20.7. The van der Waals surface area contributed by atoms with Gasteiger partial charge in [-0.05, 0) is 38.1 Å². The predicted octanol–water partition coefficient (Wildman–Crippen LogP) is 1.86. The Labute approximate surface area is 163 Å². The highest BCUT2D eigenvalue weighted by molar-refractivity contribution is 9.10. The fraction of sp³-hybridized carbons (Fsp3) is 0.529. The van der Waals surface area contributed by atoms with E-state index in [2.05, 4.69) is 31.6 Å². The van der Waals surface area contributed by atoms with E-state index in [0.717, 1.165) is 10.2 Å². The zero-order valence-electron chi connectivity index (χ0n) is 15.3. The summed E-state index contributed by atoms with van der Waals surface area (Å²) in [5, 5.41) is 5.97. The molecule has 144 valence electrons. The van der Waals surface area contributed by atoms with Gasteiger partial charge in [-0.15, -0.1) is 0 Å². The Morgan fingerprint density at radius 2 is 1.96 bits per heavy atom. The standard InChI is InChI=1S/C17H25BrN4O3S/c1-17(2)12-22(10-11-26(17,24)25)16(19-3)20-9-8-15(23)21-14-6-4-13(18)5-7-14/h4-7H,8-12H2,1-3H3,(H,19,20)(H,21,23). The van der Waals surface area contributed by atoms with Gasteiger partial charge in [-0.25, -0.2) is 8.42 Å². The SMILES string of the molecule is CN=C(NCCC(=O)Nc1ccc(Br)cc1)N1CCS(=O)(=O)C(C)(C)C1. The molecule has 0 bridgehead atoms. The highest BCUT2D eigenvalue weighted by Gasteiger charge is 2.40. The second-order valence-corrected chi connectivity index (χ2v) is 10.4. The molecule has 0 atom stereocenters. The van der Waals surface area contributed by atoms with E-state index in [1.807, 2.05) is 29.2 Å². The Balaban J connectivity index is 1.84. The number of carbonyl (C=O) groups excluding carboxylic acids is 1. The average molecular weight is 445 g/mol. The molecule has 7 nitrogen and oxygen atoms in total. The van der Waals surface area contributed by atoms with Crippen LogP contribution in [-0.4, -0.2) is 62.4 Å². The molecule has 2 N–H and O–H groups in total. The molecule has 0 unspecified atom stereocenters. The van der Waals surface area contributed by atoms with Gasteiger partial charge < -0.3 is 15.5 Å². The van der Waals surface area contributed by atoms with Crippen molar-refractivity contribution in [2.24, 2.45) is 4.99 Å². The maximum atomic E-state index is 12.1. The van der Waals surface area contributed by atoms with Crippen LogP contribution in [0.2, 0.25) is 0 Å². The molecule has 1 aliphatic heterocycles. The molecule has 1 fully saturated rings. The van der Waals surface area contributed by atoms with Crippen molar-refractivity contribution >= 4 is 43.3 Å². The number of hydrogen-bond donors (Lipinski definition) is 2. The van der Waals surface area contributed by atoms with Crippen LogP contribution < -0.4 is 10.6 Å². The summed E-state index contributed by atoms with van der Waals surface area (Å²) in [6.45, 7) is 4.65. The van der Waals surface area contributed by atoms with Crippen molar-refractivity contribution in [2.75, 3.05) is 37.8 Å². The van der Waals surface area contributed by atoms with Gasteiger partial charge in [0.15, 0.2) is 15.8 Å². The molecule has 1 heterocycles. The van der Waals surface area contributed by atoms with E-state index in [9.17, 15) is 13.2 Å². The highest BCUT2D eigenvalue weighted by Crippen LogP contribution is 2.23. The summed E-state index contributed by atoms with van der Waals surface area (Å²) >= 11 is 3.35. The van der Waals surface area contributed by atoms with Gasteiger partial charge in [0.05, 0.1) is 10.5 Å². The Hall–Kier alpha value is -1.61. The van der Waals surface area contributed by atoms with Crippen LogP contribution in [0.4, 0.5) is 5.69 Å². The zero-order chi connectivity index (χ0) is 19.4. The van der Waals surface area contributed by atoms with E-state index in [0.29, 0.717) is 25.6 Å². The van der Waals surface area contributed by atoms with Crippen molar-refractivity contribution in [3.05, 3.63) is 28.7 Å². The molecule has 9 heteroatoms. The van der Waals surface area contributed by atoms with E-state index in [-0.39, 0.29) is 18.1 Å². The van der Waals surface area contributed by atoms with Gasteiger partial charge in [0.1, 0.15) is 0 Å². The van der Waals surface area contributed by atoms with Gasteiger partial charge in [-0.2, -0.15) is 0 Å². The lowest BCUT2D eigenvalue weighted by Gasteiger charge is -2.39. The third-order valence-electron chi connectivity index (χ3n) is 4.32. The smallest absolute Gasteiger partial charge is 0.226 e. The third kappa shape index (κ3) is 5.20. The van der Waals surface area contributed by atoms with Crippen molar-refractivity contribution in [1.82, 2.24) is 10.2 Å². The van der Waals surface area contributed by atoms with Gasteiger partial charge >= 0.3 is 0 Å². The summed E-state index contributed by atoms with van der Waals surface area (Å²) in [5.74, 6) is 0.617. The first-order chi connectivity index (χ1) is 12.1. The lowest BCUT2D eigenvalue weighted by atomic mass is 10.2. The van der Waals surface area contributed by atoms with E-state index < -0.39 is 14.6 Å². The van der Waals surface area contributed by atoms with Crippen LogP contribution in [0.1, 0.15) is 20.3 Å². The summed E-state index contributed by atoms with van der Waals surface area (Å²) in [6, 6.07) is 7.37. The normalized spacial score (nSPS) is 19.1. The van der Waals surface area contributed by atoms with Gasteiger partial charge in [0.25, 0.3) is 0 Å². The van der Waals surface area contributed by atoms with E-state index >= 15 is 0 Å². The lowest BCUT2D eigenvalue weighted by molar-refractivity contribution is -0.116. The minimum absolute atomic E-state index is 0.100. The molecule has 0 spiro atoms.